The molecule has 36 heavy (non-hydrogen) atoms. The minimum Gasteiger partial charge on any atom is -0.370 e. The van der Waals surface area contributed by atoms with Crippen LogP contribution in [-0.4, -0.2) is 37.6 Å². The predicted molar refractivity (Wildman–Crippen MR) is 150 cm³/mol. The van der Waals surface area contributed by atoms with Crippen LogP contribution in [-0.2, 0) is 7.05 Å². The van der Waals surface area contributed by atoms with Crippen molar-refractivity contribution in [2.45, 2.75) is 47.5 Å². The van der Waals surface area contributed by atoms with Gasteiger partial charge in [0.1, 0.15) is 11.0 Å². The molecule has 7 heteroatoms. The summed E-state index contributed by atoms with van der Waals surface area (Å²) in [6, 6.07) is 16.8. The number of hydrogen-bond donors (Lipinski definition) is 1. The van der Waals surface area contributed by atoms with Crippen LogP contribution in [0.25, 0.3) is 27.8 Å². The van der Waals surface area contributed by atoms with E-state index in [-0.39, 0.29) is 0 Å². The van der Waals surface area contributed by atoms with E-state index in [0.717, 1.165) is 65.3 Å². The summed E-state index contributed by atoms with van der Waals surface area (Å²) in [6.07, 6.45) is 2.17. The number of aromatic nitrogens is 5. The second-order valence-electron chi connectivity index (χ2n) is 9.67. The summed E-state index contributed by atoms with van der Waals surface area (Å²) >= 11 is 0. The Bertz CT molecular complexity index is 1510. The average molecular weight is 482 g/mol. The van der Waals surface area contributed by atoms with Crippen LogP contribution in [0.5, 0.6) is 0 Å². The molecular weight excluding hydrogens is 446 g/mol. The predicted octanol–water partition coefficient (Wildman–Crippen LogP) is 6.60. The third-order valence-electron chi connectivity index (χ3n) is 6.80. The van der Waals surface area contributed by atoms with E-state index < -0.39 is 0 Å². The van der Waals surface area contributed by atoms with Crippen LogP contribution in [0.3, 0.4) is 0 Å². The molecule has 0 saturated heterocycles. The van der Waals surface area contributed by atoms with Gasteiger partial charge in [-0.1, -0.05) is 48.9 Å². The van der Waals surface area contributed by atoms with Crippen molar-refractivity contribution in [1.82, 2.24) is 24.5 Å². The van der Waals surface area contributed by atoms with E-state index in [9.17, 15) is 0 Å². The van der Waals surface area contributed by atoms with E-state index >= 15 is 0 Å². The number of para-hydroxylation sites is 1. The summed E-state index contributed by atoms with van der Waals surface area (Å²) < 4.78 is 4.09. The van der Waals surface area contributed by atoms with Gasteiger partial charge >= 0.3 is 0 Å². The first kappa shape index (κ1) is 23.9. The van der Waals surface area contributed by atoms with Gasteiger partial charge in [-0.25, -0.2) is 9.67 Å². The van der Waals surface area contributed by atoms with Crippen molar-refractivity contribution in [3.05, 3.63) is 65.2 Å². The SMILES string of the molecule is CCCN(CCC)c1ccc(-n2nnc3ccccc32)c2nc(Nc3c(C)cc(C)cc3C)n(C)c12. The van der Waals surface area contributed by atoms with E-state index in [2.05, 4.69) is 97.1 Å². The highest BCUT2D eigenvalue weighted by atomic mass is 15.4. The van der Waals surface area contributed by atoms with Crippen LogP contribution in [0.4, 0.5) is 17.3 Å². The maximum Gasteiger partial charge on any atom is 0.208 e. The van der Waals surface area contributed by atoms with Gasteiger partial charge in [0.15, 0.2) is 0 Å². The van der Waals surface area contributed by atoms with Gasteiger partial charge in [0, 0.05) is 25.8 Å². The molecule has 0 fully saturated rings. The zero-order chi connectivity index (χ0) is 25.4. The molecule has 0 saturated carbocycles. The van der Waals surface area contributed by atoms with E-state index in [1.165, 1.54) is 22.4 Å². The van der Waals surface area contributed by atoms with Crippen LogP contribution < -0.4 is 10.2 Å². The minimum atomic E-state index is 0.811. The number of rotatable bonds is 8. The first-order chi connectivity index (χ1) is 17.4. The lowest BCUT2D eigenvalue weighted by Crippen LogP contribution is -2.25. The molecule has 0 aliphatic heterocycles. The summed E-state index contributed by atoms with van der Waals surface area (Å²) in [5, 5.41) is 12.6. The summed E-state index contributed by atoms with van der Waals surface area (Å²) in [6.45, 7) is 12.9. The zero-order valence-electron chi connectivity index (χ0n) is 22.1. The quantitative estimate of drug-likeness (QED) is 0.270. The first-order valence-corrected chi connectivity index (χ1v) is 12.8. The summed E-state index contributed by atoms with van der Waals surface area (Å²) in [5.41, 5.74) is 10.8. The van der Waals surface area contributed by atoms with Crippen molar-refractivity contribution in [2.24, 2.45) is 7.05 Å². The van der Waals surface area contributed by atoms with Crippen molar-refractivity contribution in [2.75, 3.05) is 23.3 Å². The molecule has 0 spiro atoms. The molecule has 0 atom stereocenters. The van der Waals surface area contributed by atoms with Gasteiger partial charge in [-0.05, 0) is 69.0 Å². The molecule has 7 nitrogen and oxygen atoms in total. The van der Waals surface area contributed by atoms with Crippen LogP contribution in [0.2, 0.25) is 0 Å². The van der Waals surface area contributed by atoms with Gasteiger partial charge in [-0.15, -0.1) is 5.10 Å². The minimum absolute atomic E-state index is 0.811. The molecule has 1 N–H and O–H groups in total. The maximum absolute atomic E-state index is 5.17. The Morgan fingerprint density at radius 3 is 2.31 bits per heavy atom. The van der Waals surface area contributed by atoms with Crippen molar-refractivity contribution in [3.63, 3.8) is 0 Å². The van der Waals surface area contributed by atoms with Gasteiger partial charge in [0.05, 0.1) is 22.4 Å². The smallest absolute Gasteiger partial charge is 0.208 e. The van der Waals surface area contributed by atoms with Crippen molar-refractivity contribution in [1.29, 1.82) is 0 Å². The van der Waals surface area contributed by atoms with Gasteiger partial charge in [-0.2, -0.15) is 0 Å². The van der Waals surface area contributed by atoms with E-state index in [0.29, 0.717) is 0 Å². The van der Waals surface area contributed by atoms with Gasteiger partial charge in [0.2, 0.25) is 5.95 Å². The number of nitrogens with zero attached hydrogens (tertiary/aromatic N) is 6. The Morgan fingerprint density at radius 2 is 1.61 bits per heavy atom. The molecule has 186 valence electrons. The maximum atomic E-state index is 5.17. The first-order valence-electron chi connectivity index (χ1n) is 12.8. The fourth-order valence-corrected chi connectivity index (χ4v) is 5.25. The lowest BCUT2D eigenvalue weighted by molar-refractivity contribution is 0.744. The molecular formula is C29H35N7. The molecule has 5 aromatic rings. The van der Waals surface area contributed by atoms with E-state index in [4.69, 9.17) is 4.98 Å². The standard InChI is InChI=1S/C29H35N7/c1-7-15-35(16-8-2)25-14-13-24(36-23-12-10-9-11-22(23)32-33-36)27-28(25)34(6)29(31-27)30-26-20(4)17-19(3)18-21(26)5/h9-14,17-18H,7-8,15-16H2,1-6H3,(H,30,31). The molecule has 0 aliphatic rings. The fourth-order valence-electron chi connectivity index (χ4n) is 5.25. The lowest BCUT2D eigenvalue weighted by Gasteiger charge is -2.25. The Morgan fingerprint density at radius 1 is 0.917 bits per heavy atom. The molecule has 3 aromatic carbocycles. The Balaban J connectivity index is 1.74. The molecule has 0 amide bonds. The molecule has 0 aliphatic carbocycles. The number of imidazole rings is 1. The van der Waals surface area contributed by atoms with Crippen molar-refractivity contribution >= 4 is 39.4 Å². The normalized spacial score (nSPS) is 11.5. The molecule has 0 unspecified atom stereocenters. The van der Waals surface area contributed by atoms with Crippen LogP contribution in [0.1, 0.15) is 43.4 Å². The summed E-state index contributed by atoms with van der Waals surface area (Å²) in [7, 11) is 2.10. The number of aryl methyl sites for hydroxylation is 4. The third-order valence-corrected chi connectivity index (χ3v) is 6.80. The third kappa shape index (κ3) is 4.08. The molecule has 5 rings (SSSR count). The van der Waals surface area contributed by atoms with Gasteiger partial charge in [-0.3, -0.25) is 0 Å². The monoisotopic (exact) mass is 481 g/mol. The van der Waals surface area contributed by atoms with Crippen molar-refractivity contribution < 1.29 is 0 Å². The second kappa shape index (κ2) is 9.64. The largest absolute Gasteiger partial charge is 0.370 e. The topological polar surface area (TPSA) is 63.8 Å². The number of hydrogen-bond acceptors (Lipinski definition) is 5. The highest BCUT2D eigenvalue weighted by molar-refractivity contribution is 5.98. The van der Waals surface area contributed by atoms with E-state index in [1.807, 2.05) is 22.9 Å². The number of nitrogens with one attached hydrogen (secondary N) is 1. The van der Waals surface area contributed by atoms with Gasteiger partial charge < -0.3 is 14.8 Å². The summed E-state index contributed by atoms with van der Waals surface area (Å²) in [5.74, 6) is 0.811. The molecule has 0 bridgehead atoms. The van der Waals surface area contributed by atoms with Crippen LogP contribution in [0.15, 0.2) is 48.5 Å². The number of anilines is 3. The average Bonchev–Trinajstić information content (AvgIpc) is 3.42. The lowest BCUT2D eigenvalue weighted by atomic mass is 10.1. The Labute approximate surface area is 212 Å². The van der Waals surface area contributed by atoms with Crippen LogP contribution >= 0.6 is 0 Å². The van der Waals surface area contributed by atoms with Crippen LogP contribution in [0, 0.1) is 20.8 Å². The zero-order valence-corrected chi connectivity index (χ0v) is 22.1. The fraction of sp³-hybridized carbons (Fsp3) is 0.345. The Hall–Kier alpha value is -3.87. The highest BCUT2D eigenvalue weighted by Gasteiger charge is 2.21. The molecule has 0 radical (unpaired) electrons. The molecule has 2 heterocycles. The second-order valence-corrected chi connectivity index (χ2v) is 9.67. The Kier molecular flexibility index (Phi) is 6.39. The van der Waals surface area contributed by atoms with Gasteiger partial charge in [0.25, 0.3) is 0 Å². The van der Waals surface area contributed by atoms with Crippen molar-refractivity contribution in [3.8, 4) is 5.69 Å². The highest BCUT2D eigenvalue weighted by Crippen LogP contribution is 2.36. The summed E-state index contributed by atoms with van der Waals surface area (Å²) in [4.78, 5) is 7.65. The number of benzene rings is 3. The van der Waals surface area contributed by atoms with E-state index in [1.54, 1.807) is 0 Å². The molecule has 2 aromatic heterocycles. The number of fused-ring (bicyclic) bond motifs is 2.